The number of halogens is 6. The summed E-state index contributed by atoms with van der Waals surface area (Å²) in [4.78, 5) is 11.7. The zero-order chi connectivity index (χ0) is 14.8. The van der Waals surface area contributed by atoms with Crippen LogP contribution in [0.5, 0.6) is 5.75 Å². The van der Waals surface area contributed by atoms with Gasteiger partial charge in [0.25, 0.3) is 6.43 Å². The van der Waals surface area contributed by atoms with E-state index >= 15 is 0 Å². The van der Waals surface area contributed by atoms with Crippen LogP contribution < -0.4 is 4.74 Å². The second kappa shape index (κ2) is 5.73. The molecule has 0 radical (unpaired) electrons. The zero-order valence-electron chi connectivity index (χ0n) is 9.47. The molecule has 0 aliphatic carbocycles. The molecule has 0 saturated carbocycles. The lowest BCUT2D eigenvalue weighted by Gasteiger charge is -2.16. The summed E-state index contributed by atoms with van der Waals surface area (Å²) in [6.45, 7) is 1.17. The van der Waals surface area contributed by atoms with Crippen LogP contribution in [-0.4, -0.2) is 17.5 Å². The van der Waals surface area contributed by atoms with Gasteiger partial charge in [-0.3, -0.25) is 4.79 Å². The second-order valence-corrected chi connectivity index (χ2v) is 4.20. The standard InChI is InChI=1S/C11H8ClF5O2/c1-5(12)9(18)8-6(10(13)14)3-2-4-7(8)19-11(15,16)17/h2-5,10H,1H3. The van der Waals surface area contributed by atoms with E-state index in [4.69, 9.17) is 11.6 Å². The first-order valence-corrected chi connectivity index (χ1v) is 5.42. The molecule has 0 heterocycles. The van der Waals surface area contributed by atoms with E-state index in [9.17, 15) is 26.7 Å². The highest BCUT2D eigenvalue weighted by Crippen LogP contribution is 2.34. The van der Waals surface area contributed by atoms with Gasteiger partial charge in [-0.25, -0.2) is 8.78 Å². The quantitative estimate of drug-likeness (QED) is 0.470. The van der Waals surface area contributed by atoms with Gasteiger partial charge in [0.05, 0.1) is 10.9 Å². The molecule has 1 atom stereocenters. The summed E-state index contributed by atoms with van der Waals surface area (Å²) in [5.74, 6) is -2.04. The number of carbonyl (C=O) groups is 1. The van der Waals surface area contributed by atoms with Gasteiger partial charge in [0.1, 0.15) is 5.75 Å². The summed E-state index contributed by atoms with van der Waals surface area (Å²) >= 11 is 5.45. The van der Waals surface area contributed by atoms with Crippen molar-refractivity contribution in [2.45, 2.75) is 25.1 Å². The van der Waals surface area contributed by atoms with Gasteiger partial charge in [-0.2, -0.15) is 0 Å². The molecule has 2 nitrogen and oxygen atoms in total. The summed E-state index contributed by atoms with van der Waals surface area (Å²) in [6.07, 6.45) is -8.21. The van der Waals surface area contributed by atoms with Gasteiger partial charge < -0.3 is 4.74 Å². The minimum atomic E-state index is -5.09. The molecule has 0 amide bonds. The number of hydrogen-bond acceptors (Lipinski definition) is 2. The largest absolute Gasteiger partial charge is 0.573 e. The van der Waals surface area contributed by atoms with Crippen LogP contribution in [0, 0.1) is 0 Å². The lowest BCUT2D eigenvalue weighted by molar-refractivity contribution is -0.274. The Morgan fingerprint density at radius 1 is 1.32 bits per heavy atom. The van der Waals surface area contributed by atoms with Gasteiger partial charge in [-0.05, 0) is 13.0 Å². The van der Waals surface area contributed by atoms with E-state index in [-0.39, 0.29) is 0 Å². The Morgan fingerprint density at radius 2 is 1.89 bits per heavy atom. The maximum atomic E-state index is 12.7. The monoisotopic (exact) mass is 302 g/mol. The van der Waals surface area contributed by atoms with E-state index in [0.717, 1.165) is 18.2 Å². The minimum Gasteiger partial charge on any atom is -0.405 e. The van der Waals surface area contributed by atoms with E-state index in [1.165, 1.54) is 6.92 Å². The molecule has 0 spiro atoms. The zero-order valence-corrected chi connectivity index (χ0v) is 10.2. The number of ether oxygens (including phenoxy) is 1. The Labute approximate surface area is 110 Å². The third-order valence-corrected chi connectivity index (χ3v) is 2.33. The number of rotatable bonds is 4. The van der Waals surface area contributed by atoms with Crippen molar-refractivity contribution in [1.82, 2.24) is 0 Å². The molecule has 19 heavy (non-hydrogen) atoms. The van der Waals surface area contributed by atoms with Crippen LogP contribution >= 0.6 is 11.6 Å². The Hall–Kier alpha value is -1.37. The first kappa shape index (κ1) is 15.7. The van der Waals surface area contributed by atoms with Crippen LogP contribution in [0.2, 0.25) is 0 Å². The summed E-state index contributed by atoms with van der Waals surface area (Å²) in [7, 11) is 0. The third-order valence-electron chi connectivity index (χ3n) is 2.13. The van der Waals surface area contributed by atoms with Crippen molar-refractivity contribution in [1.29, 1.82) is 0 Å². The first-order chi connectivity index (χ1) is 8.63. The van der Waals surface area contributed by atoms with Gasteiger partial charge in [-0.1, -0.05) is 12.1 Å². The SMILES string of the molecule is CC(Cl)C(=O)c1c(OC(F)(F)F)cccc1C(F)F. The van der Waals surface area contributed by atoms with Crippen molar-refractivity contribution in [3.63, 3.8) is 0 Å². The van der Waals surface area contributed by atoms with Gasteiger partial charge in [-0.15, -0.1) is 24.8 Å². The summed E-state index contributed by atoms with van der Waals surface area (Å²) < 4.78 is 65.5. The molecule has 1 unspecified atom stereocenters. The minimum absolute atomic E-state index is 0.784. The average molecular weight is 303 g/mol. The van der Waals surface area contributed by atoms with Crippen LogP contribution in [0.25, 0.3) is 0 Å². The summed E-state index contributed by atoms with van der Waals surface area (Å²) in [5, 5.41) is -1.25. The number of hydrogen-bond donors (Lipinski definition) is 0. The third kappa shape index (κ3) is 4.05. The van der Waals surface area contributed by atoms with Crippen LogP contribution in [0.1, 0.15) is 29.3 Å². The molecule has 0 bridgehead atoms. The molecule has 1 aromatic rings. The smallest absolute Gasteiger partial charge is 0.405 e. The molecule has 0 fully saturated rings. The topological polar surface area (TPSA) is 26.3 Å². The maximum absolute atomic E-state index is 12.7. The highest BCUT2D eigenvalue weighted by molar-refractivity contribution is 6.34. The summed E-state index contributed by atoms with van der Waals surface area (Å²) in [5.41, 5.74) is -1.70. The van der Waals surface area contributed by atoms with E-state index in [1.54, 1.807) is 0 Å². The van der Waals surface area contributed by atoms with E-state index in [2.05, 4.69) is 4.74 Å². The maximum Gasteiger partial charge on any atom is 0.573 e. The van der Waals surface area contributed by atoms with Gasteiger partial charge in [0.15, 0.2) is 5.78 Å². The molecule has 0 aliphatic rings. The molecule has 0 aliphatic heterocycles. The predicted molar refractivity (Wildman–Crippen MR) is 57.7 cm³/mol. The summed E-state index contributed by atoms with van der Waals surface area (Å²) in [6, 6.07) is 2.57. The molecule has 0 N–H and O–H groups in total. The highest BCUT2D eigenvalue weighted by Gasteiger charge is 2.35. The number of carbonyl (C=O) groups excluding carboxylic acids is 1. The lowest BCUT2D eigenvalue weighted by atomic mass is 10.0. The van der Waals surface area contributed by atoms with Crippen molar-refractivity contribution < 1.29 is 31.5 Å². The van der Waals surface area contributed by atoms with Crippen molar-refractivity contribution in [3.05, 3.63) is 29.3 Å². The van der Waals surface area contributed by atoms with Crippen LogP contribution in [0.3, 0.4) is 0 Å². The highest BCUT2D eigenvalue weighted by atomic mass is 35.5. The number of Topliss-reactive ketones (excluding diaryl/α,β-unsaturated/α-hetero) is 1. The molecule has 106 valence electrons. The molecule has 1 rings (SSSR count). The molecule has 0 saturated heterocycles. The van der Waals surface area contributed by atoms with Crippen molar-refractivity contribution in [2.24, 2.45) is 0 Å². The Morgan fingerprint density at radius 3 is 2.32 bits per heavy atom. The Balaban J connectivity index is 3.38. The number of benzene rings is 1. The van der Waals surface area contributed by atoms with E-state index in [0.29, 0.717) is 0 Å². The van der Waals surface area contributed by atoms with Crippen LogP contribution in [-0.2, 0) is 0 Å². The molecule has 8 heteroatoms. The van der Waals surface area contributed by atoms with E-state index in [1.807, 2.05) is 0 Å². The van der Waals surface area contributed by atoms with Gasteiger partial charge >= 0.3 is 6.36 Å². The van der Waals surface area contributed by atoms with Gasteiger partial charge in [0, 0.05) is 5.56 Å². The Kier molecular flexibility index (Phi) is 4.73. The normalized spacial score (nSPS) is 13.5. The fourth-order valence-electron chi connectivity index (χ4n) is 1.40. The van der Waals surface area contributed by atoms with Crippen molar-refractivity contribution in [2.75, 3.05) is 0 Å². The fraction of sp³-hybridized carbons (Fsp3) is 0.364. The molecule has 1 aromatic carbocycles. The predicted octanol–water partition coefficient (Wildman–Crippen LogP) is 4.33. The molecular formula is C11H8ClF5O2. The number of ketones is 1. The molecule has 0 aromatic heterocycles. The second-order valence-electron chi connectivity index (χ2n) is 3.55. The number of alkyl halides is 6. The first-order valence-electron chi connectivity index (χ1n) is 4.98. The van der Waals surface area contributed by atoms with Gasteiger partial charge in [0.2, 0.25) is 0 Å². The van der Waals surface area contributed by atoms with Crippen molar-refractivity contribution in [3.8, 4) is 5.75 Å². The van der Waals surface area contributed by atoms with Crippen LogP contribution in [0.4, 0.5) is 22.0 Å². The Bertz CT molecular complexity index is 471. The fourth-order valence-corrected chi connectivity index (χ4v) is 1.51. The van der Waals surface area contributed by atoms with Crippen molar-refractivity contribution >= 4 is 17.4 Å². The lowest BCUT2D eigenvalue weighted by Crippen LogP contribution is -2.22. The average Bonchev–Trinajstić information content (AvgIpc) is 2.25. The molecular weight excluding hydrogens is 295 g/mol. The van der Waals surface area contributed by atoms with E-state index < -0.39 is 40.8 Å². The van der Waals surface area contributed by atoms with Crippen LogP contribution in [0.15, 0.2) is 18.2 Å².